The molecule has 4 N–H and O–H groups in total. The SMILES string of the molecule is COc1cc(NCC(=O)NC2CC2)nc(N)n1. The molecule has 2 rings (SSSR count). The average molecular weight is 237 g/mol. The van der Waals surface area contributed by atoms with Crippen LogP contribution < -0.4 is 21.1 Å². The van der Waals surface area contributed by atoms with Crippen LogP contribution in [0.4, 0.5) is 11.8 Å². The predicted octanol–water partition coefficient (Wildman–Crippen LogP) is -0.242. The number of carbonyl (C=O) groups is 1. The van der Waals surface area contributed by atoms with Gasteiger partial charge >= 0.3 is 0 Å². The van der Waals surface area contributed by atoms with Crippen LogP contribution in [0, 0.1) is 0 Å². The van der Waals surface area contributed by atoms with Crippen molar-refractivity contribution in [2.45, 2.75) is 18.9 Å². The highest BCUT2D eigenvalue weighted by atomic mass is 16.5. The molecule has 0 saturated heterocycles. The molecule has 0 spiro atoms. The molecule has 0 radical (unpaired) electrons. The Kier molecular flexibility index (Phi) is 3.27. The van der Waals surface area contributed by atoms with E-state index in [-0.39, 0.29) is 18.4 Å². The lowest BCUT2D eigenvalue weighted by Gasteiger charge is -2.07. The molecule has 0 atom stereocenters. The summed E-state index contributed by atoms with van der Waals surface area (Å²) in [5, 5.41) is 5.73. The van der Waals surface area contributed by atoms with Crippen LogP contribution in [-0.4, -0.2) is 35.6 Å². The molecule has 7 heteroatoms. The lowest BCUT2D eigenvalue weighted by molar-refractivity contribution is -0.119. The molecule has 1 saturated carbocycles. The summed E-state index contributed by atoms with van der Waals surface area (Å²) in [6, 6.07) is 1.94. The lowest BCUT2D eigenvalue weighted by Crippen LogP contribution is -2.31. The molecule has 92 valence electrons. The van der Waals surface area contributed by atoms with Crippen LogP contribution >= 0.6 is 0 Å². The van der Waals surface area contributed by atoms with Gasteiger partial charge in [-0.05, 0) is 12.8 Å². The van der Waals surface area contributed by atoms with E-state index in [0.717, 1.165) is 12.8 Å². The molecule has 1 aromatic rings. The zero-order valence-corrected chi connectivity index (χ0v) is 9.56. The van der Waals surface area contributed by atoms with E-state index in [0.29, 0.717) is 17.7 Å². The van der Waals surface area contributed by atoms with Gasteiger partial charge in [-0.2, -0.15) is 9.97 Å². The van der Waals surface area contributed by atoms with Gasteiger partial charge in [-0.15, -0.1) is 0 Å². The van der Waals surface area contributed by atoms with Gasteiger partial charge < -0.3 is 21.1 Å². The molecule has 7 nitrogen and oxygen atoms in total. The van der Waals surface area contributed by atoms with E-state index in [1.54, 1.807) is 6.07 Å². The van der Waals surface area contributed by atoms with Crippen molar-refractivity contribution in [2.24, 2.45) is 0 Å². The monoisotopic (exact) mass is 237 g/mol. The minimum absolute atomic E-state index is 0.0522. The van der Waals surface area contributed by atoms with E-state index < -0.39 is 0 Å². The zero-order valence-electron chi connectivity index (χ0n) is 9.56. The average Bonchev–Trinajstić information content (AvgIpc) is 3.09. The fraction of sp³-hybridized carbons (Fsp3) is 0.500. The highest BCUT2D eigenvalue weighted by molar-refractivity contribution is 5.81. The van der Waals surface area contributed by atoms with Gasteiger partial charge in [-0.3, -0.25) is 4.79 Å². The number of rotatable bonds is 5. The maximum absolute atomic E-state index is 11.4. The molecule has 0 unspecified atom stereocenters. The smallest absolute Gasteiger partial charge is 0.239 e. The Bertz CT molecular complexity index is 419. The number of anilines is 2. The van der Waals surface area contributed by atoms with Crippen LogP contribution in [0.2, 0.25) is 0 Å². The zero-order chi connectivity index (χ0) is 12.3. The van der Waals surface area contributed by atoms with E-state index in [1.165, 1.54) is 7.11 Å². The highest BCUT2D eigenvalue weighted by Gasteiger charge is 2.22. The van der Waals surface area contributed by atoms with Crippen molar-refractivity contribution in [3.05, 3.63) is 6.07 Å². The van der Waals surface area contributed by atoms with Gasteiger partial charge in [0.2, 0.25) is 17.7 Å². The normalized spacial score (nSPS) is 14.2. The van der Waals surface area contributed by atoms with Gasteiger partial charge in [-0.1, -0.05) is 0 Å². The first-order valence-corrected chi connectivity index (χ1v) is 5.39. The van der Waals surface area contributed by atoms with Gasteiger partial charge in [0.1, 0.15) is 5.82 Å². The predicted molar refractivity (Wildman–Crippen MR) is 62.7 cm³/mol. The van der Waals surface area contributed by atoms with Gasteiger partial charge in [0, 0.05) is 12.1 Å². The number of aromatic nitrogens is 2. The summed E-state index contributed by atoms with van der Waals surface area (Å²) in [5.41, 5.74) is 5.49. The van der Waals surface area contributed by atoms with Crippen molar-refractivity contribution in [1.82, 2.24) is 15.3 Å². The van der Waals surface area contributed by atoms with Crippen LogP contribution in [0.3, 0.4) is 0 Å². The molecule has 0 aliphatic heterocycles. The van der Waals surface area contributed by atoms with E-state index >= 15 is 0 Å². The number of hydrogen-bond donors (Lipinski definition) is 3. The summed E-state index contributed by atoms with van der Waals surface area (Å²) in [6.45, 7) is 0.163. The van der Waals surface area contributed by atoms with Crippen molar-refractivity contribution in [1.29, 1.82) is 0 Å². The third-order valence-corrected chi connectivity index (χ3v) is 2.30. The summed E-state index contributed by atoms with van der Waals surface area (Å²) in [4.78, 5) is 19.2. The Morgan fingerprint density at radius 1 is 1.59 bits per heavy atom. The van der Waals surface area contributed by atoms with Crippen LogP contribution in [0.25, 0.3) is 0 Å². The van der Waals surface area contributed by atoms with Crippen molar-refractivity contribution in [3.63, 3.8) is 0 Å². The molecule has 1 aliphatic carbocycles. The number of ether oxygens (including phenoxy) is 1. The molecule has 1 amide bonds. The van der Waals surface area contributed by atoms with E-state index in [9.17, 15) is 4.79 Å². The number of hydrogen-bond acceptors (Lipinski definition) is 6. The molecule has 1 aliphatic rings. The second-order valence-corrected chi connectivity index (χ2v) is 3.85. The number of nitrogens with one attached hydrogen (secondary N) is 2. The van der Waals surface area contributed by atoms with Crippen LogP contribution in [0.15, 0.2) is 6.07 Å². The van der Waals surface area contributed by atoms with Crippen LogP contribution in [0.5, 0.6) is 5.88 Å². The van der Waals surface area contributed by atoms with E-state index in [4.69, 9.17) is 10.5 Å². The molecule has 17 heavy (non-hydrogen) atoms. The molecule has 1 fully saturated rings. The highest BCUT2D eigenvalue weighted by Crippen LogP contribution is 2.18. The summed E-state index contributed by atoms with van der Waals surface area (Å²) in [6.07, 6.45) is 2.14. The summed E-state index contributed by atoms with van der Waals surface area (Å²) in [7, 11) is 1.49. The number of methoxy groups -OCH3 is 1. The molecule has 1 aromatic heterocycles. The number of amides is 1. The first-order chi connectivity index (χ1) is 8.17. The van der Waals surface area contributed by atoms with E-state index in [2.05, 4.69) is 20.6 Å². The third-order valence-electron chi connectivity index (χ3n) is 2.30. The Labute approximate surface area is 98.8 Å². The Hall–Kier alpha value is -2.05. The first kappa shape index (κ1) is 11.4. The number of carbonyl (C=O) groups excluding carboxylic acids is 1. The Morgan fingerprint density at radius 3 is 3.00 bits per heavy atom. The topological polar surface area (TPSA) is 102 Å². The fourth-order valence-corrected chi connectivity index (χ4v) is 1.32. The maximum Gasteiger partial charge on any atom is 0.239 e. The maximum atomic E-state index is 11.4. The van der Waals surface area contributed by atoms with Crippen molar-refractivity contribution in [2.75, 3.05) is 24.7 Å². The molecular weight excluding hydrogens is 222 g/mol. The minimum atomic E-state index is -0.0522. The number of nitrogen functional groups attached to an aromatic ring is 1. The van der Waals surface area contributed by atoms with Crippen LogP contribution in [0.1, 0.15) is 12.8 Å². The number of nitrogens with two attached hydrogens (primary N) is 1. The minimum Gasteiger partial charge on any atom is -0.481 e. The quantitative estimate of drug-likeness (QED) is 0.653. The van der Waals surface area contributed by atoms with E-state index in [1.807, 2.05) is 0 Å². The second kappa shape index (κ2) is 4.86. The Balaban J connectivity index is 1.88. The largest absolute Gasteiger partial charge is 0.481 e. The summed E-state index contributed by atoms with van der Waals surface area (Å²) < 4.78 is 4.95. The first-order valence-electron chi connectivity index (χ1n) is 5.39. The number of nitrogens with zero attached hydrogens (tertiary/aromatic N) is 2. The van der Waals surface area contributed by atoms with Gasteiger partial charge in [0.05, 0.1) is 13.7 Å². The third kappa shape index (κ3) is 3.47. The molecular formula is C10H15N5O2. The van der Waals surface area contributed by atoms with Gasteiger partial charge in [0.25, 0.3) is 0 Å². The van der Waals surface area contributed by atoms with Crippen LogP contribution in [-0.2, 0) is 4.79 Å². The molecule has 0 aromatic carbocycles. The van der Waals surface area contributed by atoms with Crippen molar-refractivity contribution >= 4 is 17.7 Å². The van der Waals surface area contributed by atoms with Crippen molar-refractivity contribution < 1.29 is 9.53 Å². The van der Waals surface area contributed by atoms with Gasteiger partial charge in [0.15, 0.2) is 0 Å². The van der Waals surface area contributed by atoms with Gasteiger partial charge in [-0.25, -0.2) is 0 Å². The Morgan fingerprint density at radius 2 is 2.35 bits per heavy atom. The summed E-state index contributed by atoms with van der Waals surface area (Å²) >= 11 is 0. The fourth-order valence-electron chi connectivity index (χ4n) is 1.32. The molecule has 1 heterocycles. The lowest BCUT2D eigenvalue weighted by atomic mass is 10.5. The van der Waals surface area contributed by atoms with Crippen molar-refractivity contribution in [3.8, 4) is 5.88 Å². The molecule has 0 bridgehead atoms. The summed E-state index contributed by atoms with van der Waals surface area (Å²) in [5.74, 6) is 0.890. The standard InChI is InChI=1S/C10H15N5O2/c1-17-9-4-7(14-10(11)15-9)12-5-8(16)13-6-2-3-6/h4,6H,2-3,5H2,1H3,(H,13,16)(H3,11,12,14,15). The second-order valence-electron chi connectivity index (χ2n) is 3.85.